The molecule has 0 spiro atoms. The molecule has 27 heavy (non-hydrogen) atoms. The average molecular weight is 370 g/mol. The molecule has 0 heterocycles. The molecule has 0 atom stereocenters. The fraction of sp³-hybridized carbons (Fsp3) is 0.409. The van der Waals surface area contributed by atoms with Crippen molar-refractivity contribution in [2.45, 2.75) is 40.0 Å². The van der Waals surface area contributed by atoms with E-state index in [1.165, 1.54) is 0 Å². The SMILES string of the molecule is CCCN(C)c1cc(NC(=O)c2cc(C(C)C)c(C)cc2O)ccc1OC. The lowest BCUT2D eigenvalue weighted by Gasteiger charge is -2.22. The molecular weight excluding hydrogens is 340 g/mol. The smallest absolute Gasteiger partial charge is 0.259 e. The van der Waals surface area contributed by atoms with E-state index in [9.17, 15) is 9.90 Å². The number of aryl methyl sites for hydroxylation is 1. The third-order valence-corrected chi connectivity index (χ3v) is 4.66. The van der Waals surface area contributed by atoms with Crippen LogP contribution < -0.4 is 15.0 Å². The van der Waals surface area contributed by atoms with Crippen LogP contribution in [-0.4, -0.2) is 31.7 Å². The summed E-state index contributed by atoms with van der Waals surface area (Å²) in [5.41, 5.74) is 3.88. The highest BCUT2D eigenvalue weighted by molar-refractivity contribution is 6.06. The Kier molecular flexibility index (Phi) is 6.72. The van der Waals surface area contributed by atoms with Gasteiger partial charge in [-0.1, -0.05) is 20.8 Å². The first-order chi connectivity index (χ1) is 12.8. The van der Waals surface area contributed by atoms with E-state index in [0.717, 1.165) is 35.5 Å². The van der Waals surface area contributed by atoms with Gasteiger partial charge in [-0.25, -0.2) is 0 Å². The van der Waals surface area contributed by atoms with Crippen LogP contribution in [0.3, 0.4) is 0 Å². The molecule has 0 saturated carbocycles. The molecule has 5 nitrogen and oxygen atoms in total. The molecule has 0 saturated heterocycles. The van der Waals surface area contributed by atoms with Gasteiger partial charge in [0.2, 0.25) is 0 Å². The number of phenolic OH excluding ortho intramolecular Hbond substituents is 1. The lowest BCUT2D eigenvalue weighted by Crippen LogP contribution is -2.19. The van der Waals surface area contributed by atoms with Gasteiger partial charge in [0.25, 0.3) is 5.91 Å². The topological polar surface area (TPSA) is 61.8 Å². The number of nitrogens with one attached hydrogen (secondary N) is 1. The molecule has 0 fully saturated rings. The fourth-order valence-corrected chi connectivity index (χ4v) is 3.23. The number of phenols is 1. The molecule has 0 bridgehead atoms. The van der Waals surface area contributed by atoms with E-state index >= 15 is 0 Å². The van der Waals surface area contributed by atoms with Crippen molar-refractivity contribution in [3.63, 3.8) is 0 Å². The van der Waals surface area contributed by atoms with Crippen LogP contribution in [0.2, 0.25) is 0 Å². The van der Waals surface area contributed by atoms with Gasteiger partial charge in [0.1, 0.15) is 11.5 Å². The number of ether oxygens (including phenoxy) is 1. The number of hydrogen-bond donors (Lipinski definition) is 2. The summed E-state index contributed by atoms with van der Waals surface area (Å²) in [6, 6.07) is 8.96. The maximum Gasteiger partial charge on any atom is 0.259 e. The van der Waals surface area contributed by atoms with Gasteiger partial charge in [-0.05, 0) is 60.7 Å². The molecule has 1 amide bonds. The molecule has 146 valence electrons. The minimum atomic E-state index is -0.330. The van der Waals surface area contributed by atoms with Crippen molar-refractivity contribution in [3.05, 3.63) is 47.0 Å². The van der Waals surface area contributed by atoms with Crippen molar-refractivity contribution in [2.24, 2.45) is 0 Å². The average Bonchev–Trinajstić information content (AvgIpc) is 2.61. The number of benzene rings is 2. The van der Waals surface area contributed by atoms with Crippen LogP contribution in [0.1, 0.15) is 54.6 Å². The van der Waals surface area contributed by atoms with Crippen LogP contribution in [0, 0.1) is 6.92 Å². The van der Waals surface area contributed by atoms with Gasteiger partial charge in [0.05, 0.1) is 18.4 Å². The Labute approximate surface area is 162 Å². The Balaban J connectivity index is 2.33. The molecule has 0 aliphatic carbocycles. The molecule has 0 aromatic heterocycles. The van der Waals surface area contributed by atoms with E-state index in [-0.39, 0.29) is 23.1 Å². The Morgan fingerprint density at radius 2 is 1.96 bits per heavy atom. The molecule has 0 unspecified atom stereocenters. The highest BCUT2D eigenvalue weighted by Crippen LogP contribution is 2.32. The van der Waals surface area contributed by atoms with Crippen LogP contribution >= 0.6 is 0 Å². The Hall–Kier alpha value is -2.69. The molecule has 2 aromatic carbocycles. The second-order valence-corrected chi connectivity index (χ2v) is 7.14. The number of anilines is 2. The summed E-state index contributed by atoms with van der Waals surface area (Å²) >= 11 is 0. The lowest BCUT2D eigenvalue weighted by molar-refractivity contribution is 0.102. The Morgan fingerprint density at radius 1 is 1.26 bits per heavy atom. The summed E-state index contributed by atoms with van der Waals surface area (Å²) in [6.07, 6.45) is 1.01. The standard InChI is InChI=1S/C22H30N2O3/c1-7-10-24(5)19-12-16(8-9-21(19)27-6)23-22(26)18-13-17(14(2)3)15(4)11-20(18)25/h8-9,11-14,25H,7,10H2,1-6H3,(H,23,26). The van der Waals surface area contributed by atoms with Crippen LogP contribution in [0.5, 0.6) is 11.5 Å². The van der Waals surface area contributed by atoms with Gasteiger partial charge in [-0.2, -0.15) is 0 Å². The minimum Gasteiger partial charge on any atom is -0.507 e. The number of methoxy groups -OCH3 is 1. The van der Waals surface area contributed by atoms with Crippen molar-refractivity contribution in [3.8, 4) is 11.5 Å². The molecule has 2 aromatic rings. The van der Waals surface area contributed by atoms with E-state index in [4.69, 9.17) is 4.74 Å². The van der Waals surface area contributed by atoms with E-state index in [0.29, 0.717) is 5.69 Å². The predicted octanol–water partition coefficient (Wildman–Crippen LogP) is 4.93. The second-order valence-electron chi connectivity index (χ2n) is 7.14. The molecular formula is C22H30N2O3. The van der Waals surface area contributed by atoms with Gasteiger partial charge in [-0.3, -0.25) is 4.79 Å². The quantitative estimate of drug-likeness (QED) is 0.725. The zero-order chi connectivity index (χ0) is 20.1. The van der Waals surface area contributed by atoms with E-state index in [1.54, 1.807) is 25.3 Å². The largest absolute Gasteiger partial charge is 0.507 e. The number of nitrogens with zero attached hydrogens (tertiary/aromatic N) is 1. The zero-order valence-electron chi connectivity index (χ0n) is 17.1. The number of carbonyl (C=O) groups is 1. The van der Waals surface area contributed by atoms with Crippen molar-refractivity contribution in [2.75, 3.05) is 30.9 Å². The van der Waals surface area contributed by atoms with Crippen molar-refractivity contribution in [1.82, 2.24) is 0 Å². The molecule has 2 rings (SSSR count). The van der Waals surface area contributed by atoms with Gasteiger partial charge in [0, 0.05) is 19.3 Å². The number of carbonyl (C=O) groups excluding carboxylic acids is 1. The maximum atomic E-state index is 12.8. The van der Waals surface area contributed by atoms with E-state index in [2.05, 4.69) is 31.0 Å². The lowest BCUT2D eigenvalue weighted by atomic mass is 9.95. The first kappa shape index (κ1) is 20.6. The summed E-state index contributed by atoms with van der Waals surface area (Å²) in [4.78, 5) is 14.9. The number of rotatable bonds is 7. The number of amides is 1. The van der Waals surface area contributed by atoms with Crippen molar-refractivity contribution in [1.29, 1.82) is 0 Å². The minimum absolute atomic E-state index is 0.00811. The van der Waals surface area contributed by atoms with Crippen LogP contribution in [-0.2, 0) is 0 Å². The van der Waals surface area contributed by atoms with Gasteiger partial charge in [0.15, 0.2) is 0 Å². The highest BCUT2D eigenvalue weighted by Gasteiger charge is 2.17. The Bertz CT molecular complexity index is 815. The third kappa shape index (κ3) is 4.73. The summed E-state index contributed by atoms with van der Waals surface area (Å²) in [7, 11) is 3.63. The number of aromatic hydroxyl groups is 1. The zero-order valence-corrected chi connectivity index (χ0v) is 17.1. The van der Waals surface area contributed by atoms with Crippen molar-refractivity contribution >= 4 is 17.3 Å². The van der Waals surface area contributed by atoms with Gasteiger partial charge < -0.3 is 20.1 Å². The molecule has 0 aliphatic heterocycles. The van der Waals surface area contributed by atoms with Gasteiger partial charge >= 0.3 is 0 Å². The summed E-state index contributed by atoms with van der Waals surface area (Å²) in [5.74, 6) is 0.687. The summed E-state index contributed by atoms with van der Waals surface area (Å²) in [5, 5.41) is 13.1. The second kappa shape index (κ2) is 8.80. The molecule has 2 N–H and O–H groups in total. The Morgan fingerprint density at radius 3 is 2.56 bits per heavy atom. The van der Waals surface area contributed by atoms with E-state index in [1.807, 2.05) is 26.1 Å². The molecule has 0 aliphatic rings. The first-order valence-electron chi connectivity index (χ1n) is 9.32. The highest BCUT2D eigenvalue weighted by atomic mass is 16.5. The van der Waals surface area contributed by atoms with Crippen LogP contribution in [0.25, 0.3) is 0 Å². The monoisotopic (exact) mass is 370 g/mol. The first-order valence-corrected chi connectivity index (χ1v) is 9.32. The van der Waals surface area contributed by atoms with Crippen LogP contribution in [0.15, 0.2) is 30.3 Å². The predicted molar refractivity (Wildman–Crippen MR) is 111 cm³/mol. The molecule has 0 radical (unpaired) electrons. The van der Waals surface area contributed by atoms with Gasteiger partial charge in [-0.15, -0.1) is 0 Å². The third-order valence-electron chi connectivity index (χ3n) is 4.66. The molecule has 5 heteroatoms. The fourth-order valence-electron chi connectivity index (χ4n) is 3.23. The normalized spacial score (nSPS) is 10.8. The van der Waals surface area contributed by atoms with Crippen LogP contribution in [0.4, 0.5) is 11.4 Å². The summed E-state index contributed by atoms with van der Waals surface area (Å²) in [6.45, 7) is 9.07. The van der Waals surface area contributed by atoms with E-state index < -0.39 is 0 Å². The van der Waals surface area contributed by atoms with Crippen molar-refractivity contribution < 1.29 is 14.6 Å². The maximum absolute atomic E-state index is 12.8. The number of hydrogen-bond acceptors (Lipinski definition) is 4. The summed E-state index contributed by atoms with van der Waals surface area (Å²) < 4.78 is 5.44.